The fourth-order valence-corrected chi connectivity index (χ4v) is 4.47. The summed E-state index contributed by atoms with van der Waals surface area (Å²) in [5.41, 5.74) is 1.09. The first-order chi connectivity index (χ1) is 17.8. The number of nitrogens with one attached hydrogen (secondary N) is 2. The second kappa shape index (κ2) is 11.2. The lowest BCUT2D eigenvalue weighted by Gasteiger charge is -2.18. The number of para-hydroxylation sites is 1. The van der Waals surface area contributed by atoms with E-state index in [-0.39, 0.29) is 24.0 Å². The maximum Gasteiger partial charge on any atom is 0.241 e. The van der Waals surface area contributed by atoms with E-state index < -0.39 is 22.1 Å². The predicted molar refractivity (Wildman–Crippen MR) is 136 cm³/mol. The van der Waals surface area contributed by atoms with Crippen LogP contribution in [0.25, 0.3) is 17.3 Å². The highest BCUT2D eigenvalue weighted by molar-refractivity contribution is 7.86. The number of furan rings is 1. The molecular formula is C24H25FN6O5S. The molecule has 4 rings (SSSR count). The lowest BCUT2D eigenvalue weighted by Crippen LogP contribution is -2.23. The summed E-state index contributed by atoms with van der Waals surface area (Å²) in [5, 5.41) is 10.5. The fourth-order valence-electron chi connectivity index (χ4n) is 3.65. The molecule has 0 aliphatic heterocycles. The van der Waals surface area contributed by atoms with Crippen LogP contribution in [-0.4, -0.2) is 49.3 Å². The third kappa shape index (κ3) is 5.61. The van der Waals surface area contributed by atoms with Gasteiger partial charge in [-0.15, -0.1) is 10.2 Å². The minimum Gasteiger partial charge on any atom is -0.494 e. The highest BCUT2D eigenvalue weighted by Gasteiger charge is 2.26. The smallest absolute Gasteiger partial charge is 0.241 e. The number of hydrogen-bond acceptors (Lipinski definition) is 8. The summed E-state index contributed by atoms with van der Waals surface area (Å²) in [5.74, 6) is 0.853. The van der Waals surface area contributed by atoms with Gasteiger partial charge in [-0.25, -0.2) is 8.60 Å². The Kier molecular flexibility index (Phi) is 7.82. The molecule has 11 nitrogen and oxygen atoms in total. The minimum absolute atomic E-state index is 0.147. The van der Waals surface area contributed by atoms with E-state index in [9.17, 15) is 13.4 Å². The van der Waals surface area contributed by atoms with Gasteiger partial charge in [0.15, 0.2) is 5.76 Å². The molecular weight excluding hydrogens is 503 g/mol. The first-order valence-electron chi connectivity index (χ1n) is 11.1. The van der Waals surface area contributed by atoms with Gasteiger partial charge in [0, 0.05) is 19.4 Å². The van der Waals surface area contributed by atoms with Crippen molar-refractivity contribution in [2.24, 2.45) is 0 Å². The van der Waals surface area contributed by atoms with Crippen molar-refractivity contribution in [2.45, 2.75) is 25.5 Å². The highest BCUT2D eigenvalue weighted by atomic mass is 32.2. The van der Waals surface area contributed by atoms with Crippen molar-refractivity contribution in [3.8, 4) is 28.8 Å². The molecule has 0 saturated heterocycles. The summed E-state index contributed by atoms with van der Waals surface area (Å²) in [6.45, 7) is 3.04. The normalized spacial score (nSPS) is 12.6. The number of methoxy groups -OCH3 is 2. The lowest BCUT2D eigenvalue weighted by molar-refractivity contribution is -0.114. The maximum absolute atomic E-state index is 13.7. The highest BCUT2D eigenvalue weighted by Crippen LogP contribution is 2.37. The molecule has 194 valence electrons. The molecule has 13 heteroatoms. The van der Waals surface area contributed by atoms with Crippen molar-refractivity contribution in [3.05, 3.63) is 60.4 Å². The van der Waals surface area contributed by atoms with Crippen molar-refractivity contribution in [1.82, 2.24) is 19.7 Å². The summed E-state index contributed by atoms with van der Waals surface area (Å²) in [6, 6.07) is 9.87. The van der Waals surface area contributed by atoms with Crippen molar-refractivity contribution >= 4 is 28.5 Å². The monoisotopic (exact) mass is 528 g/mol. The molecule has 0 spiro atoms. The number of halogens is 1. The van der Waals surface area contributed by atoms with E-state index in [1.807, 2.05) is 0 Å². The molecule has 0 aliphatic carbocycles. The van der Waals surface area contributed by atoms with Crippen LogP contribution >= 0.6 is 0 Å². The van der Waals surface area contributed by atoms with Gasteiger partial charge in [-0.1, -0.05) is 6.07 Å². The number of anilines is 2. The Morgan fingerprint density at radius 2 is 1.92 bits per heavy atom. The van der Waals surface area contributed by atoms with E-state index >= 15 is 0 Å². The Balaban J connectivity index is 1.69. The molecule has 37 heavy (non-hydrogen) atoms. The van der Waals surface area contributed by atoms with Crippen LogP contribution in [0.5, 0.6) is 11.5 Å². The third-order valence-electron chi connectivity index (χ3n) is 5.32. The molecule has 0 aliphatic rings. The molecule has 0 saturated carbocycles. The number of hydrogen-bond donors (Lipinski definition) is 2. The zero-order chi connectivity index (χ0) is 26.5. The van der Waals surface area contributed by atoms with Gasteiger partial charge in [0.05, 0.1) is 43.3 Å². The number of benzene rings is 1. The number of pyridine rings is 1. The zero-order valence-electron chi connectivity index (χ0n) is 20.5. The number of carbonyl (C=O) groups is 1. The first-order valence-corrected chi connectivity index (χ1v) is 12.3. The van der Waals surface area contributed by atoms with Crippen molar-refractivity contribution < 1.29 is 27.3 Å². The van der Waals surface area contributed by atoms with E-state index in [2.05, 4.69) is 25.2 Å². The summed E-state index contributed by atoms with van der Waals surface area (Å²) in [4.78, 5) is 15.6. The fraction of sp³-hybridized carbons (Fsp3) is 0.250. The van der Waals surface area contributed by atoms with Gasteiger partial charge in [-0.3, -0.25) is 19.1 Å². The summed E-state index contributed by atoms with van der Waals surface area (Å²) in [6.07, 6.45) is 2.72. The second-order valence-corrected chi connectivity index (χ2v) is 9.52. The van der Waals surface area contributed by atoms with Crippen LogP contribution in [0.2, 0.25) is 0 Å². The van der Waals surface area contributed by atoms with Crippen molar-refractivity contribution in [3.63, 3.8) is 0 Å². The number of nitrogens with zero attached hydrogens (tertiary/aromatic N) is 4. The summed E-state index contributed by atoms with van der Waals surface area (Å²) < 4.78 is 48.2. The zero-order valence-corrected chi connectivity index (χ0v) is 21.3. The first kappa shape index (κ1) is 25.8. The van der Waals surface area contributed by atoms with Crippen molar-refractivity contribution in [1.29, 1.82) is 0 Å². The van der Waals surface area contributed by atoms with Crippen LogP contribution in [0.4, 0.5) is 16.0 Å². The average molecular weight is 529 g/mol. The summed E-state index contributed by atoms with van der Waals surface area (Å²) >= 11 is 0. The Labute approximate surface area is 214 Å². The number of ether oxygens (including phenoxy) is 2. The molecule has 2 unspecified atom stereocenters. The Morgan fingerprint density at radius 1 is 1.19 bits per heavy atom. The number of amides is 1. The standard InChI is InChI=1S/C24H25FN6O5S/c1-14(11-17-18(27-15(2)32)12-16(25)13-26-17)37(33)30-24-29-28-23(21-9-6-10-36-21)31(24)22-19(34-3)7-5-8-20(22)35-4/h5-10,12-14H,11H2,1-4H3,(H,27,32)(H,29,30). The van der Waals surface area contributed by atoms with Crippen LogP contribution in [0.1, 0.15) is 19.5 Å². The van der Waals surface area contributed by atoms with Crippen LogP contribution in [0.15, 0.2) is 53.3 Å². The Morgan fingerprint density at radius 3 is 2.54 bits per heavy atom. The number of carbonyl (C=O) groups excluding carboxylic acids is 1. The predicted octanol–water partition coefficient (Wildman–Crippen LogP) is 3.74. The largest absolute Gasteiger partial charge is 0.494 e. The third-order valence-corrected chi connectivity index (χ3v) is 6.60. The Bertz CT molecular complexity index is 1400. The van der Waals surface area contributed by atoms with E-state index in [0.29, 0.717) is 34.5 Å². The molecule has 4 aromatic rings. The molecule has 0 radical (unpaired) electrons. The van der Waals surface area contributed by atoms with Crippen LogP contribution in [-0.2, 0) is 22.2 Å². The lowest BCUT2D eigenvalue weighted by atomic mass is 10.2. The minimum atomic E-state index is -1.71. The molecule has 1 aromatic carbocycles. The SMILES string of the molecule is COc1cccc(OC)c1-n1c(NS(=O)C(C)Cc2ncc(F)cc2NC(C)=O)nnc1-c1ccco1. The Hall–Kier alpha value is -4.26. The van der Waals surface area contributed by atoms with Gasteiger partial charge in [-0.2, -0.15) is 0 Å². The molecule has 0 fully saturated rings. The van der Waals surface area contributed by atoms with Gasteiger partial charge < -0.3 is 19.2 Å². The number of aromatic nitrogens is 4. The average Bonchev–Trinajstić information content (AvgIpc) is 3.54. The van der Waals surface area contributed by atoms with E-state index in [0.717, 1.165) is 6.20 Å². The van der Waals surface area contributed by atoms with Gasteiger partial charge in [0.1, 0.15) is 34.0 Å². The molecule has 0 bridgehead atoms. The topological polar surface area (TPSA) is 133 Å². The van der Waals surface area contributed by atoms with Crippen LogP contribution in [0, 0.1) is 5.82 Å². The molecule has 2 N–H and O–H groups in total. The molecule has 1 amide bonds. The quantitative estimate of drug-likeness (QED) is 0.318. The second-order valence-electron chi connectivity index (χ2n) is 7.91. The van der Waals surface area contributed by atoms with Crippen LogP contribution < -0.4 is 19.5 Å². The van der Waals surface area contributed by atoms with E-state index in [1.54, 1.807) is 41.8 Å². The number of rotatable bonds is 10. The molecule has 3 aromatic heterocycles. The maximum atomic E-state index is 13.7. The van der Waals surface area contributed by atoms with Gasteiger partial charge in [0.25, 0.3) is 0 Å². The van der Waals surface area contributed by atoms with Crippen molar-refractivity contribution in [2.75, 3.05) is 24.3 Å². The molecule has 3 heterocycles. The summed E-state index contributed by atoms with van der Waals surface area (Å²) in [7, 11) is 1.33. The van der Waals surface area contributed by atoms with Gasteiger partial charge in [0.2, 0.25) is 17.7 Å². The van der Waals surface area contributed by atoms with Gasteiger partial charge >= 0.3 is 0 Å². The van der Waals surface area contributed by atoms with E-state index in [4.69, 9.17) is 13.9 Å². The van der Waals surface area contributed by atoms with E-state index in [1.165, 1.54) is 33.5 Å². The molecule has 2 atom stereocenters. The van der Waals surface area contributed by atoms with Gasteiger partial charge in [-0.05, 0) is 31.2 Å². The van der Waals surface area contributed by atoms with Crippen LogP contribution in [0.3, 0.4) is 0 Å².